The van der Waals surface area contributed by atoms with E-state index in [9.17, 15) is 4.79 Å². The van der Waals surface area contributed by atoms with Crippen molar-refractivity contribution in [3.05, 3.63) is 70.8 Å². The first kappa shape index (κ1) is 23.8. The second-order valence-corrected chi connectivity index (χ2v) is 8.60. The number of piperidine rings is 1. The molecule has 32 heavy (non-hydrogen) atoms. The van der Waals surface area contributed by atoms with Crippen molar-refractivity contribution < 1.29 is 4.79 Å². The molecule has 1 heterocycles. The molecule has 2 N–H and O–H groups in total. The first-order chi connectivity index (χ1) is 15.5. The van der Waals surface area contributed by atoms with Gasteiger partial charge in [-0.2, -0.15) is 0 Å². The average Bonchev–Trinajstić information content (AvgIpc) is 2.82. The van der Waals surface area contributed by atoms with Crippen LogP contribution in [0, 0.1) is 0 Å². The highest BCUT2D eigenvalue weighted by molar-refractivity contribution is 5.93. The molecule has 0 spiro atoms. The lowest BCUT2D eigenvalue weighted by Gasteiger charge is -2.26. The maximum absolute atomic E-state index is 12.0. The van der Waals surface area contributed by atoms with E-state index in [1.165, 1.54) is 43.5 Å². The number of benzene rings is 2. The van der Waals surface area contributed by atoms with Gasteiger partial charge in [0.2, 0.25) is 0 Å². The zero-order valence-electron chi connectivity index (χ0n) is 19.7. The maximum atomic E-state index is 12.0. The monoisotopic (exact) mass is 435 g/mol. The number of carbonyl (C=O) groups is 1. The van der Waals surface area contributed by atoms with Crippen LogP contribution in [0.1, 0.15) is 53.2 Å². The number of carbonyl (C=O) groups excluding carboxylic acids is 1. The third-order valence-corrected chi connectivity index (χ3v) is 5.71. The van der Waals surface area contributed by atoms with Crippen molar-refractivity contribution in [2.75, 3.05) is 33.7 Å². The summed E-state index contributed by atoms with van der Waals surface area (Å²) in [6.45, 7) is 7.65. The van der Waals surface area contributed by atoms with E-state index < -0.39 is 0 Å². The SMILES string of the molecule is CCNC(=NCc1ccc(C(=O)N(C)C)cc1)NCc1ccc(CN2CCCCC2)cc1. The minimum absolute atomic E-state index is 0.0111. The Morgan fingerprint density at radius 1 is 0.906 bits per heavy atom. The van der Waals surface area contributed by atoms with Crippen molar-refractivity contribution in [2.45, 2.75) is 45.8 Å². The standard InChI is InChI=1S/C26H37N5O/c1-4-27-26(29-19-22-12-14-24(15-13-22)25(32)30(2)3)28-18-21-8-10-23(11-9-21)20-31-16-6-5-7-17-31/h8-15H,4-7,16-20H2,1-3H3,(H2,27,28,29). The van der Waals surface area contributed by atoms with Gasteiger partial charge in [0.05, 0.1) is 6.54 Å². The smallest absolute Gasteiger partial charge is 0.253 e. The van der Waals surface area contributed by atoms with E-state index in [0.29, 0.717) is 12.1 Å². The van der Waals surface area contributed by atoms with Crippen LogP contribution in [0.3, 0.4) is 0 Å². The molecule has 0 saturated carbocycles. The predicted molar refractivity (Wildman–Crippen MR) is 132 cm³/mol. The molecule has 0 unspecified atom stereocenters. The van der Waals surface area contributed by atoms with Crippen LogP contribution in [0.5, 0.6) is 0 Å². The Kier molecular flexibility index (Phi) is 9.11. The van der Waals surface area contributed by atoms with E-state index in [0.717, 1.165) is 31.2 Å². The fourth-order valence-electron chi connectivity index (χ4n) is 3.85. The molecule has 0 aliphatic carbocycles. The summed E-state index contributed by atoms with van der Waals surface area (Å²) >= 11 is 0. The summed E-state index contributed by atoms with van der Waals surface area (Å²) in [6, 6.07) is 16.5. The molecule has 0 atom stereocenters. The Balaban J connectivity index is 1.52. The van der Waals surface area contributed by atoms with Crippen LogP contribution in [-0.2, 0) is 19.6 Å². The van der Waals surface area contributed by atoms with Crippen molar-refractivity contribution >= 4 is 11.9 Å². The van der Waals surface area contributed by atoms with Gasteiger partial charge in [0.1, 0.15) is 0 Å². The van der Waals surface area contributed by atoms with E-state index in [1.54, 1.807) is 19.0 Å². The van der Waals surface area contributed by atoms with Crippen molar-refractivity contribution in [3.63, 3.8) is 0 Å². The Hall–Kier alpha value is -2.86. The molecule has 172 valence electrons. The fraction of sp³-hybridized carbons (Fsp3) is 0.462. The lowest BCUT2D eigenvalue weighted by Crippen LogP contribution is -2.36. The highest BCUT2D eigenvalue weighted by Crippen LogP contribution is 2.14. The normalized spacial score (nSPS) is 14.8. The molecule has 0 radical (unpaired) electrons. The Morgan fingerprint density at radius 3 is 2.16 bits per heavy atom. The molecule has 6 nitrogen and oxygen atoms in total. The molecule has 6 heteroatoms. The molecular weight excluding hydrogens is 398 g/mol. The summed E-state index contributed by atoms with van der Waals surface area (Å²) in [5.74, 6) is 0.801. The van der Waals surface area contributed by atoms with E-state index >= 15 is 0 Å². The molecule has 1 aliphatic rings. The number of guanidine groups is 1. The Bertz CT molecular complexity index is 868. The van der Waals surface area contributed by atoms with Gasteiger partial charge >= 0.3 is 0 Å². The van der Waals surface area contributed by atoms with Gasteiger partial charge in [0, 0.05) is 39.3 Å². The van der Waals surface area contributed by atoms with Crippen LogP contribution in [-0.4, -0.2) is 55.4 Å². The summed E-state index contributed by atoms with van der Waals surface area (Å²) in [5, 5.41) is 6.72. The first-order valence-corrected chi connectivity index (χ1v) is 11.7. The van der Waals surface area contributed by atoms with Crippen LogP contribution in [0.2, 0.25) is 0 Å². The first-order valence-electron chi connectivity index (χ1n) is 11.7. The number of likely N-dealkylation sites (tertiary alicyclic amines) is 1. The molecule has 0 bridgehead atoms. The van der Waals surface area contributed by atoms with Gasteiger partial charge in [-0.25, -0.2) is 4.99 Å². The molecular formula is C26H37N5O. The fourth-order valence-corrected chi connectivity index (χ4v) is 3.85. The zero-order valence-corrected chi connectivity index (χ0v) is 19.7. The number of rotatable bonds is 8. The number of hydrogen-bond acceptors (Lipinski definition) is 3. The molecule has 1 amide bonds. The molecule has 1 fully saturated rings. The van der Waals surface area contributed by atoms with Gasteiger partial charge in [0.25, 0.3) is 5.91 Å². The largest absolute Gasteiger partial charge is 0.357 e. The summed E-state index contributed by atoms with van der Waals surface area (Å²) in [5.41, 5.74) is 4.38. The lowest BCUT2D eigenvalue weighted by molar-refractivity contribution is 0.0827. The number of aliphatic imine (C=N–C) groups is 1. The predicted octanol–water partition coefficient (Wildman–Crippen LogP) is 3.63. The van der Waals surface area contributed by atoms with Crippen molar-refractivity contribution in [2.24, 2.45) is 4.99 Å². The highest BCUT2D eigenvalue weighted by atomic mass is 16.2. The van der Waals surface area contributed by atoms with Gasteiger partial charge in [-0.1, -0.05) is 42.8 Å². The van der Waals surface area contributed by atoms with Crippen LogP contribution >= 0.6 is 0 Å². The van der Waals surface area contributed by atoms with Gasteiger partial charge in [-0.15, -0.1) is 0 Å². The van der Waals surface area contributed by atoms with Crippen LogP contribution in [0.25, 0.3) is 0 Å². The summed E-state index contributed by atoms with van der Waals surface area (Å²) in [7, 11) is 3.52. The van der Waals surface area contributed by atoms with E-state index in [-0.39, 0.29) is 5.91 Å². The quantitative estimate of drug-likeness (QED) is 0.491. The van der Waals surface area contributed by atoms with E-state index in [2.05, 4.69) is 46.7 Å². The minimum Gasteiger partial charge on any atom is -0.357 e. The second kappa shape index (κ2) is 12.2. The van der Waals surface area contributed by atoms with Crippen LogP contribution < -0.4 is 10.6 Å². The summed E-state index contributed by atoms with van der Waals surface area (Å²) < 4.78 is 0. The maximum Gasteiger partial charge on any atom is 0.253 e. The van der Waals surface area contributed by atoms with Gasteiger partial charge in [-0.3, -0.25) is 9.69 Å². The van der Waals surface area contributed by atoms with Crippen molar-refractivity contribution in [3.8, 4) is 0 Å². The van der Waals surface area contributed by atoms with Gasteiger partial charge in [-0.05, 0) is 61.7 Å². The molecule has 3 rings (SSSR count). The van der Waals surface area contributed by atoms with Crippen LogP contribution in [0.15, 0.2) is 53.5 Å². The molecule has 0 aromatic heterocycles. The number of amides is 1. The van der Waals surface area contributed by atoms with E-state index in [4.69, 9.17) is 4.99 Å². The van der Waals surface area contributed by atoms with Crippen molar-refractivity contribution in [1.82, 2.24) is 20.4 Å². The van der Waals surface area contributed by atoms with Crippen LogP contribution in [0.4, 0.5) is 0 Å². The van der Waals surface area contributed by atoms with Crippen molar-refractivity contribution in [1.29, 1.82) is 0 Å². The van der Waals surface area contributed by atoms with Gasteiger partial charge < -0.3 is 15.5 Å². The molecule has 2 aromatic rings. The van der Waals surface area contributed by atoms with Gasteiger partial charge in [0.15, 0.2) is 5.96 Å². The highest BCUT2D eigenvalue weighted by Gasteiger charge is 2.10. The molecule has 2 aromatic carbocycles. The molecule has 1 saturated heterocycles. The number of nitrogens with zero attached hydrogens (tertiary/aromatic N) is 3. The summed E-state index contributed by atoms with van der Waals surface area (Å²) in [6.07, 6.45) is 4.03. The third kappa shape index (κ3) is 7.38. The minimum atomic E-state index is 0.0111. The third-order valence-electron chi connectivity index (χ3n) is 5.71. The Labute approximate surface area is 192 Å². The topological polar surface area (TPSA) is 60.0 Å². The number of hydrogen-bond donors (Lipinski definition) is 2. The molecule has 1 aliphatic heterocycles. The zero-order chi connectivity index (χ0) is 22.8. The second-order valence-electron chi connectivity index (χ2n) is 8.60. The van der Waals surface area contributed by atoms with E-state index in [1.807, 2.05) is 24.3 Å². The lowest BCUT2D eigenvalue weighted by atomic mass is 10.1. The summed E-state index contributed by atoms with van der Waals surface area (Å²) in [4.78, 5) is 20.9. The Morgan fingerprint density at radius 2 is 1.53 bits per heavy atom. The average molecular weight is 436 g/mol. The number of nitrogens with one attached hydrogen (secondary N) is 2.